The Kier molecular flexibility index (Phi) is 4.86. The van der Waals surface area contributed by atoms with Gasteiger partial charge in [-0.15, -0.1) is 0 Å². The molecule has 2 unspecified atom stereocenters. The van der Waals surface area contributed by atoms with Crippen LogP contribution >= 0.6 is 11.6 Å². The standard InChI is InChI=1S/C15H22ClN3O/c1-4-17-14-9-12(8-13(16)18-14)15(20)19-7-5-6-10(2)11(19)3/h8-11H,4-7H2,1-3H3,(H,17,18). The van der Waals surface area contributed by atoms with E-state index in [2.05, 4.69) is 24.1 Å². The third kappa shape index (κ3) is 3.23. The van der Waals surface area contributed by atoms with Gasteiger partial charge in [-0.2, -0.15) is 0 Å². The summed E-state index contributed by atoms with van der Waals surface area (Å²) in [6, 6.07) is 3.70. The topological polar surface area (TPSA) is 45.2 Å². The van der Waals surface area contributed by atoms with Crippen LogP contribution in [0.4, 0.5) is 5.82 Å². The number of hydrogen-bond acceptors (Lipinski definition) is 3. The molecule has 1 N–H and O–H groups in total. The number of aromatic nitrogens is 1. The molecule has 1 fully saturated rings. The monoisotopic (exact) mass is 295 g/mol. The van der Waals surface area contributed by atoms with Crippen LogP contribution in [-0.2, 0) is 0 Å². The van der Waals surface area contributed by atoms with Crippen LogP contribution in [0.25, 0.3) is 0 Å². The molecule has 110 valence electrons. The molecule has 0 spiro atoms. The molecule has 1 aromatic heterocycles. The number of rotatable bonds is 3. The number of nitrogens with one attached hydrogen (secondary N) is 1. The van der Waals surface area contributed by atoms with Crippen LogP contribution in [0.2, 0.25) is 5.15 Å². The van der Waals surface area contributed by atoms with Crippen molar-refractivity contribution in [3.05, 3.63) is 22.8 Å². The first-order chi connectivity index (χ1) is 9.52. The minimum absolute atomic E-state index is 0.0486. The quantitative estimate of drug-likeness (QED) is 0.869. The minimum atomic E-state index is 0.0486. The van der Waals surface area contributed by atoms with Crippen molar-refractivity contribution in [1.82, 2.24) is 9.88 Å². The number of pyridine rings is 1. The summed E-state index contributed by atoms with van der Waals surface area (Å²) in [5.74, 6) is 1.24. The maximum Gasteiger partial charge on any atom is 0.254 e. The molecule has 1 saturated heterocycles. The lowest BCUT2D eigenvalue weighted by atomic mass is 9.91. The fraction of sp³-hybridized carbons (Fsp3) is 0.600. The second-order valence-corrected chi connectivity index (χ2v) is 5.84. The zero-order valence-corrected chi connectivity index (χ0v) is 13.1. The van der Waals surface area contributed by atoms with Crippen LogP contribution in [0.5, 0.6) is 0 Å². The van der Waals surface area contributed by atoms with Crippen LogP contribution in [0.1, 0.15) is 44.0 Å². The number of carbonyl (C=O) groups excluding carboxylic acids is 1. The lowest BCUT2D eigenvalue weighted by Crippen LogP contribution is -2.46. The number of likely N-dealkylation sites (tertiary alicyclic amines) is 1. The second-order valence-electron chi connectivity index (χ2n) is 5.45. The molecule has 2 atom stereocenters. The summed E-state index contributed by atoms with van der Waals surface area (Å²) in [5, 5.41) is 3.45. The van der Waals surface area contributed by atoms with Gasteiger partial charge in [0.1, 0.15) is 11.0 Å². The Balaban J connectivity index is 2.23. The van der Waals surface area contributed by atoms with Crippen LogP contribution in [-0.4, -0.2) is 34.9 Å². The van der Waals surface area contributed by atoms with Crippen molar-refractivity contribution in [2.24, 2.45) is 5.92 Å². The number of anilines is 1. The number of hydrogen-bond donors (Lipinski definition) is 1. The molecule has 0 saturated carbocycles. The van der Waals surface area contributed by atoms with E-state index in [0.29, 0.717) is 22.5 Å². The summed E-state index contributed by atoms with van der Waals surface area (Å²) in [7, 11) is 0. The zero-order chi connectivity index (χ0) is 14.7. The van der Waals surface area contributed by atoms with Crippen molar-refractivity contribution in [3.63, 3.8) is 0 Å². The van der Waals surface area contributed by atoms with Crippen molar-refractivity contribution in [2.75, 3.05) is 18.4 Å². The minimum Gasteiger partial charge on any atom is -0.370 e. The molecule has 0 aliphatic carbocycles. The Morgan fingerprint density at radius 3 is 2.95 bits per heavy atom. The van der Waals surface area contributed by atoms with Gasteiger partial charge in [0.2, 0.25) is 0 Å². The molecule has 0 radical (unpaired) electrons. The highest BCUT2D eigenvalue weighted by Gasteiger charge is 2.29. The molecule has 0 bridgehead atoms. The summed E-state index contributed by atoms with van der Waals surface area (Å²) in [6.45, 7) is 7.88. The summed E-state index contributed by atoms with van der Waals surface area (Å²) in [5.41, 5.74) is 0.613. The van der Waals surface area contributed by atoms with E-state index in [4.69, 9.17) is 11.6 Å². The average molecular weight is 296 g/mol. The predicted molar refractivity (Wildman–Crippen MR) is 82.3 cm³/mol. The van der Waals surface area contributed by atoms with Crippen LogP contribution in [0.15, 0.2) is 12.1 Å². The lowest BCUT2D eigenvalue weighted by Gasteiger charge is -2.38. The fourth-order valence-electron chi connectivity index (χ4n) is 2.68. The Bertz CT molecular complexity index is 492. The molecule has 1 aliphatic heterocycles. The zero-order valence-electron chi connectivity index (χ0n) is 12.3. The fourth-order valence-corrected chi connectivity index (χ4v) is 2.89. The number of carbonyl (C=O) groups is 1. The molecule has 1 amide bonds. The van der Waals surface area contributed by atoms with Crippen molar-refractivity contribution in [3.8, 4) is 0 Å². The Hall–Kier alpha value is -1.29. The van der Waals surface area contributed by atoms with E-state index in [1.54, 1.807) is 12.1 Å². The van der Waals surface area contributed by atoms with Gasteiger partial charge in [-0.25, -0.2) is 4.98 Å². The Labute approximate surface area is 125 Å². The van der Waals surface area contributed by atoms with Gasteiger partial charge in [0.25, 0.3) is 5.91 Å². The summed E-state index contributed by atoms with van der Waals surface area (Å²) in [4.78, 5) is 18.8. The molecule has 4 nitrogen and oxygen atoms in total. The van der Waals surface area contributed by atoms with Gasteiger partial charge < -0.3 is 10.2 Å². The molecular formula is C15H22ClN3O. The number of halogens is 1. The second kappa shape index (κ2) is 6.44. The summed E-state index contributed by atoms with van der Waals surface area (Å²) in [6.07, 6.45) is 2.25. The van der Waals surface area contributed by atoms with E-state index in [-0.39, 0.29) is 11.9 Å². The van der Waals surface area contributed by atoms with Gasteiger partial charge in [0, 0.05) is 24.7 Å². The van der Waals surface area contributed by atoms with Crippen molar-refractivity contribution < 1.29 is 4.79 Å². The summed E-state index contributed by atoms with van der Waals surface area (Å²) < 4.78 is 0. The van der Waals surface area contributed by atoms with Crippen LogP contribution in [0.3, 0.4) is 0 Å². The molecule has 0 aromatic carbocycles. The third-order valence-electron chi connectivity index (χ3n) is 4.03. The first-order valence-corrected chi connectivity index (χ1v) is 7.63. The van der Waals surface area contributed by atoms with Gasteiger partial charge in [-0.05, 0) is 44.7 Å². The highest BCUT2D eigenvalue weighted by molar-refractivity contribution is 6.29. The molecule has 2 rings (SSSR count). The van der Waals surface area contributed by atoms with Crippen LogP contribution < -0.4 is 5.32 Å². The number of piperidine rings is 1. The number of amides is 1. The predicted octanol–water partition coefficient (Wildman–Crippen LogP) is 3.43. The maximum atomic E-state index is 12.7. The van der Waals surface area contributed by atoms with Gasteiger partial charge in [-0.3, -0.25) is 4.79 Å². The third-order valence-corrected chi connectivity index (χ3v) is 4.23. The van der Waals surface area contributed by atoms with Crippen LogP contribution in [0, 0.1) is 5.92 Å². The molecule has 1 aromatic rings. The van der Waals surface area contributed by atoms with E-state index < -0.39 is 0 Å². The van der Waals surface area contributed by atoms with E-state index in [1.807, 2.05) is 11.8 Å². The maximum absolute atomic E-state index is 12.7. The average Bonchev–Trinajstić information content (AvgIpc) is 2.41. The highest BCUT2D eigenvalue weighted by Crippen LogP contribution is 2.25. The van der Waals surface area contributed by atoms with Crippen molar-refractivity contribution in [1.29, 1.82) is 0 Å². The Morgan fingerprint density at radius 1 is 1.50 bits per heavy atom. The van der Waals surface area contributed by atoms with Crippen molar-refractivity contribution in [2.45, 2.75) is 39.7 Å². The largest absolute Gasteiger partial charge is 0.370 e. The van der Waals surface area contributed by atoms with Gasteiger partial charge in [0.15, 0.2) is 0 Å². The Morgan fingerprint density at radius 2 is 2.25 bits per heavy atom. The summed E-state index contributed by atoms with van der Waals surface area (Å²) >= 11 is 6.01. The van der Waals surface area contributed by atoms with E-state index in [9.17, 15) is 4.79 Å². The molecule has 20 heavy (non-hydrogen) atoms. The van der Waals surface area contributed by atoms with Crippen molar-refractivity contribution >= 4 is 23.3 Å². The molecule has 2 heterocycles. The van der Waals surface area contributed by atoms with E-state index in [1.165, 1.54) is 6.42 Å². The molecule has 1 aliphatic rings. The first kappa shape index (κ1) is 15.1. The molecular weight excluding hydrogens is 274 g/mol. The SMILES string of the molecule is CCNc1cc(C(=O)N2CCCC(C)C2C)cc(Cl)n1. The lowest BCUT2D eigenvalue weighted by molar-refractivity contribution is 0.0551. The van der Waals surface area contributed by atoms with Gasteiger partial charge >= 0.3 is 0 Å². The first-order valence-electron chi connectivity index (χ1n) is 7.25. The smallest absolute Gasteiger partial charge is 0.254 e. The highest BCUT2D eigenvalue weighted by atomic mass is 35.5. The van der Waals surface area contributed by atoms with Gasteiger partial charge in [0.05, 0.1) is 0 Å². The van der Waals surface area contributed by atoms with E-state index in [0.717, 1.165) is 19.5 Å². The molecule has 5 heteroatoms. The normalized spacial score (nSPS) is 22.7. The van der Waals surface area contributed by atoms with E-state index >= 15 is 0 Å². The van der Waals surface area contributed by atoms with Gasteiger partial charge in [-0.1, -0.05) is 18.5 Å². The number of nitrogens with zero attached hydrogens (tertiary/aromatic N) is 2.